The Labute approximate surface area is 256 Å². The summed E-state index contributed by atoms with van der Waals surface area (Å²) < 4.78 is 1.57. The van der Waals surface area contributed by atoms with Crippen LogP contribution in [0.3, 0.4) is 0 Å². The second-order valence-electron chi connectivity index (χ2n) is 11.4. The molecule has 4 aromatic rings. The van der Waals surface area contributed by atoms with Gasteiger partial charge in [-0.3, -0.25) is 9.59 Å². The van der Waals surface area contributed by atoms with E-state index >= 15 is 0 Å². The number of hydrogen-bond donors (Lipinski definition) is 2. The number of likely N-dealkylation sites (N-methyl/N-ethyl adjacent to an activating group) is 1. The standard InChI is InChI=1S/C33H39N7O2S/c1-4-39-15-17-40(18-16-39)31-14-13-30(36-37-31)34-27-19-24(21-38(3)33(27)42)25-10-8-11-26(22(25)2)35-32(41)29-20-23-9-6-5-7-12-28(23)43-29/h8,10-11,13-14,19-21H,4-7,9,12,15-18H2,1-3H3,(H,34,36)(H,35,41). The van der Waals surface area contributed by atoms with Crippen molar-refractivity contribution in [1.29, 1.82) is 0 Å². The van der Waals surface area contributed by atoms with Gasteiger partial charge >= 0.3 is 0 Å². The van der Waals surface area contributed by atoms with Crippen LogP contribution in [0.15, 0.2) is 53.5 Å². The van der Waals surface area contributed by atoms with Crippen LogP contribution in [0.2, 0.25) is 0 Å². The summed E-state index contributed by atoms with van der Waals surface area (Å²) in [4.78, 5) is 33.1. The Hall–Kier alpha value is -4.02. The molecule has 6 rings (SSSR count). The van der Waals surface area contributed by atoms with E-state index in [1.807, 2.05) is 49.5 Å². The second-order valence-corrected chi connectivity index (χ2v) is 12.6. The summed E-state index contributed by atoms with van der Waals surface area (Å²) in [5, 5.41) is 15.1. The molecule has 0 saturated carbocycles. The number of nitrogens with one attached hydrogen (secondary N) is 2. The number of carbonyl (C=O) groups excluding carboxylic acids is 1. The van der Waals surface area contributed by atoms with Crippen molar-refractivity contribution < 1.29 is 4.79 Å². The summed E-state index contributed by atoms with van der Waals surface area (Å²) in [7, 11) is 1.74. The Kier molecular flexibility index (Phi) is 8.58. The highest BCUT2D eigenvalue weighted by molar-refractivity contribution is 7.14. The van der Waals surface area contributed by atoms with E-state index in [0.29, 0.717) is 11.5 Å². The molecule has 1 aliphatic carbocycles. The molecule has 10 heteroatoms. The van der Waals surface area contributed by atoms with E-state index in [0.717, 1.165) is 78.6 Å². The van der Waals surface area contributed by atoms with Gasteiger partial charge in [-0.05, 0) is 86.2 Å². The maximum Gasteiger partial charge on any atom is 0.274 e. The molecule has 43 heavy (non-hydrogen) atoms. The third kappa shape index (κ3) is 6.35. The number of rotatable bonds is 7. The molecule has 1 amide bonds. The normalized spacial score (nSPS) is 15.6. The van der Waals surface area contributed by atoms with E-state index < -0.39 is 0 Å². The number of piperazine rings is 1. The lowest BCUT2D eigenvalue weighted by atomic mass is 10.00. The smallest absolute Gasteiger partial charge is 0.274 e. The Morgan fingerprint density at radius 2 is 1.79 bits per heavy atom. The van der Waals surface area contributed by atoms with Crippen molar-refractivity contribution in [3.63, 3.8) is 0 Å². The lowest BCUT2D eigenvalue weighted by molar-refractivity contribution is 0.103. The molecule has 0 bridgehead atoms. The molecule has 1 aliphatic heterocycles. The highest BCUT2D eigenvalue weighted by atomic mass is 32.1. The average Bonchev–Trinajstić information content (AvgIpc) is 3.31. The molecule has 0 unspecified atom stereocenters. The van der Waals surface area contributed by atoms with Gasteiger partial charge in [-0.25, -0.2) is 0 Å². The lowest BCUT2D eigenvalue weighted by Gasteiger charge is -2.34. The SMILES string of the molecule is CCN1CCN(c2ccc(Nc3cc(-c4cccc(NC(=O)c5cc6c(s5)CCCCC6)c4C)cn(C)c3=O)nn2)CC1. The molecule has 224 valence electrons. The zero-order valence-corrected chi connectivity index (χ0v) is 26.0. The largest absolute Gasteiger partial charge is 0.353 e. The third-order valence-electron chi connectivity index (χ3n) is 8.60. The number of hydrogen-bond acceptors (Lipinski definition) is 8. The van der Waals surface area contributed by atoms with Gasteiger partial charge in [0.15, 0.2) is 11.6 Å². The van der Waals surface area contributed by atoms with Gasteiger partial charge in [-0.15, -0.1) is 21.5 Å². The van der Waals surface area contributed by atoms with Crippen LogP contribution < -0.4 is 21.1 Å². The molecule has 4 heterocycles. The van der Waals surface area contributed by atoms with Crippen LogP contribution in [-0.2, 0) is 19.9 Å². The first kappa shape index (κ1) is 29.1. The summed E-state index contributed by atoms with van der Waals surface area (Å²) >= 11 is 1.62. The number of aromatic nitrogens is 3. The van der Waals surface area contributed by atoms with Crippen molar-refractivity contribution in [3.8, 4) is 11.1 Å². The number of benzene rings is 1. The van der Waals surface area contributed by atoms with Crippen molar-refractivity contribution in [2.24, 2.45) is 7.05 Å². The maximum atomic E-state index is 13.3. The van der Waals surface area contributed by atoms with Gasteiger partial charge in [-0.2, -0.15) is 0 Å². The average molecular weight is 598 g/mol. The summed E-state index contributed by atoms with van der Waals surface area (Å²) in [6, 6.07) is 13.6. The van der Waals surface area contributed by atoms with Crippen LogP contribution in [0, 0.1) is 6.92 Å². The Balaban J connectivity index is 1.20. The second kappa shape index (κ2) is 12.7. The van der Waals surface area contributed by atoms with Gasteiger partial charge < -0.3 is 25.0 Å². The quantitative estimate of drug-likeness (QED) is 0.267. The monoisotopic (exact) mass is 597 g/mol. The summed E-state index contributed by atoms with van der Waals surface area (Å²) in [6.45, 7) is 9.12. The minimum absolute atomic E-state index is 0.0737. The molecule has 2 N–H and O–H groups in total. The van der Waals surface area contributed by atoms with E-state index in [-0.39, 0.29) is 11.5 Å². The van der Waals surface area contributed by atoms with Gasteiger partial charge in [0.05, 0.1) is 4.88 Å². The molecule has 3 aromatic heterocycles. The van der Waals surface area contributed by atoms with Crippen molar-refractivity contribution in [2.45, 2.75) is 46.0 Å². The molecule has 1 aromatic carbocycles. The summed E-state index contributed by atoms with van der Waals surface area (Å²) in [5.41, 5.74) is 5.07. The number of carbonyl (C=O) groups is 1. The topological polar surface area (TPSA) is 95.4 Å². The zero-order chi connectivity index (χ0) is 29.9. The van der Waals surface area contributed by atoms with E-state index in [2.05, 4.69) is 43.6 Å². The van der Waals surface area contributed by atoms with Crippen molar-refractivity contribution in [1.82, 2.24) is 19.7 Å². The fraction of sp³-hybridized carbons (Fsp3) is 0.394. The van der Waals surface area contributed by atoms with Crippen molar-refractivity contribution >= 4 is 40.3 Å². The number of nitrogens with zero attached hydrogens (tertiary/aromatic N) is 5. The van der Waals surface area contributed by atoms with Crippen LogP contribution in [0.4, 0.5) is 23.0 Å². The zero-order valence-electron chi connectivity index (χ0n) is 25.2. The molecule has 0 radical (unpaired) electrons. The van der Waals surface area contributed by atoms with Crippen LogP contribution in [0.1, 0.15) is 51.9 Å². The number of thiophene rings is 1. The first-order chi connectivity index (χ1) is 20.9. The summed E-state index contributed by atoms with van der Waals surface area (Å²) in [5.74, 6) is 1.28. The molecule has 9 nitrogen and oxygen atoms in total. The van der Waals surface area contributed by atoms with Gasteiger partial charge in [0.1, 0.15) is 5.69 Å². The van der Waals surface area contributed by atoms with Gasteiger partial charge in [0, 0.05) is 55.6 Å². The molecule has 0 atom stereocenters. The van der Waals surface area contributed by atoms with E-state index in [9.17, 15) is 9.59 Å². The predicted octanol–water partition coefficient (Wildman–Crippen LogP) is 5.62. The Morgan fingerprint density at radius 1 is 0.977 bits per heavy atom. The van der Waals surface area contributed by atoms with Crippen LogP contribution in [-0.4, -0.2) is 58.3 Å². The lowest BCUT2D eigenvalue weighted by Crippen LogP contribution is -2.46. The van der Waals surface area contributed by atoms with E-state index in [4.69, 9.17) is 0 Å². The molecule has 0 spiro atoms. The van der Waals surface area contributed by atoms with Crippen LogP contribution in [0.25, 0.3) is 11.1 Å². The molecular weight excluding hydrogens is 558 g/mol. The molecule has 1 fully saturated rings. The van der Waals surface area contributed by atoms with Gasteiger partial charge in [-0.1, -0.05) is 25.5 Å². The van der Waals surface area contributed by atoms with Gasteiger partial charge in [0.25, 0.3) is 11.5 Å². The van der Waals surface area contributed by atoms with Crippen molar-refractivity contribution in [2.75, 3.05) is 48.3 Å². The number of pyridine rings is 1. The number of anilines is 4. The Bertz CT molecular complexity index is 1650. The first-order valence-corrected chi connectivity index (χ1v) is 16.0. The van der Waals surface area contributed by atoms with Crippen LogP contribution in [0.5, 0.6) is 0 Å². The molecular formula is C33H39N7O2S. The van der Waals surface area contributed by atoms with E-state index in [1.54, 1.807) is 23.0 Å². The highest BCUT2D eigenvalue weighted by Crippen LogP contribution is 2.32. The van der Waals surface area contributed by atoms with Gasteiger partial charge in [0.2, 0.25) is 0 Å². The highest BCUT2D eigenvalue weighted by Gasteiger charge is 2.19. The first-order valence-electron chi connectivity index (χ1n) is 15.2. The molecule has 2 aliphatic rings. The number of amides is 1. The minimum Gasteiger partial charge on any atom is -0.353 e. The number of aryl methyl sites for hydroxylation is 3. The maximum absolute atomic E-state index is 13.3. The minimum atomic E-state index is -0.162. The van der Waals surface area contributed by atoms with E-state index in [1.165, 1.54) is 29.7 Å². The Morgan fingerprint density at radius 3 is 2.56 bits per heavy atom. The summed E-state index contributed by atoms with van der Waals surface area (Å²) in [6.07, 6.45) is 7.59. The predicted molar refractivity (Wildman–Crippen MR) is 175 cm³/mol. The molecule has 1 saturated heterocycles. The third-order valence-corrected chi connectivity index (χ3v) is 9.84. The van der Waals surface area contributed by atoms with Crippen molar-refractivity contribution in [3.05, 3.63) is 79.9 Å². The number of fused-ring (bicyclic) bond motifs is 1. The van der Waals surface area contributed by atoms with Crippen LogP contribution >= 0.6 is 11.3 Å². The fourth-order valence-electron chi connectivity index (χ4n) is 5.99. The fourth-order valence-corrected chi connectivity index (χ4v) is 7.14.